The van der Waals surface area contributed by atoms with Gasteiger partial charge in [-0.1, -0.05) is 145 Å². The number of unbranched alkanes of at least 4 members (excludes halogenated alkanes) is 12. The van der Waals surface area contributed by atoms with E-state index in [1.54, 1.807) is 0 Å². The van der Waals surface area contributed by atoms with Crippen LogP contribution in [0.25, 0.3) is 11.4 Å². The molecule has 0 spiro atoms. The molecule has 3 aromatic rings. The Labute approximate surface area is 215 Å². The lowest BCUT2D eigenvalue weighted by Crippen LogP contribution is -1.99. The van der Waals surface area contributed by atoms with E-state index >= 15 is 0 Å². The molecule has 2 aromatic carbocycles. The Balaban J connectivity index is 1.36. The van der Waals surface area contributed by atoms with E-state index in [0.29, 0.717) is 0 Å². The smallest absolute Gasteiger partial charge is 0.140 e. The van der Waals surface area contributed by atoms with Gasteiger partial charge < -0.3 is 4.57 Å². The minimum atomic E-state index is 1.04. The van der Waals surface area contributed by atoms with Crippen LogP contribution in [-0.2, 0) is 19.4 Å². The Morgan fingerprint density at radius 2 is 1.11 bits per heavy atom. The fraction of sp³-hybridized carbons (Fsp3) is 0.545. The van der Waals surface area contributed by atoms with Gasteiger partial charge in [0.15, 0.2) is 0 Å². The molecule has 2 nitrogen and oxygen atoms in total. The maximum Gasteiger partial charge on any atom is 0.140 e. The van der Waals surface area contributed by atoms with Gasteiger partial charge in [0.1, 0.15) is 5.82 Å². The largest absolute Gasteiger partial charge is 0.331 e. The summed E-state index contributed by atoms with van der Waals surface area (Å²) < 4.78 is 2.41. The fourth-order valence-corrected chi connectivity index (χ4v) is 5.00. The second kappa shape index (κ2) is 17.1. The van der Waals surface area contributed by atoms with Crippen LogP contribution in [0.15, 0.2) is 66.9 Å². The molecule has 3 rings (SSSR count). The summed E-state index contributed by atoms with van der Waals surface area (Å²) in [6, 6.07) is 21.5. The van der Waals surface area contributed by atoms with Crippen molar-refractivity contribution in [1.82, 2.24) is 9.55 Å². The van der Waals surface area contributed by atoms with Gasteiger partial charge in [0.25, 0.3) is 0 Å². The molecule has 0 fully saturated rings. The van der Waals surface area contributed by atoms with Crippen molar-refractivity contribution in [3.63, 3.8) is 0 Å². The standard InChI is InChI=1S/C33H48N2/c1-2-3-4-5-6-7-8-9-10-11-12-13-20-28-35-29-32(27-21-24-30-22-16-14-17-23-30)34-33(35)31-25-18-15-19-26-31/h14-19,22-23,25-26,29H,2-13,20-21,24,27-28H2,1H3. The van der Waals surface area contributed by atoms with Crippen LogP contribution in [0.2, 0.25) is 0 Å². The van der Waals surface area contributed by atoms with Gasteiger partial charge in [0.2, 0.25) is 0 Å². The maximum atomic E-state index is 5.05. The van der Waals surface area contributed by atoms with Crippen molar-refractivity contribution in [2.45, 2.75) is 116 Å². The predicted molar refractivity (Wildman–Crippen MR) is 152 cm³/mol. The second-order valence-corrected chi connectivity index (χ2v) is 10.2. The lowest BCUT2D eigenvalue weighted by atomic mass is 10.0. The van der Waals surface area contributed by atoms with E-state index in [9.17, 15) is 0 Å². The van der Waals surface area contributed by atoms with Gasteiger partial charge >= 0.3 is 0 Å². The van der Waals surface area contributed by atoms with Gasteiger partial charge in [-0.05, 0) is 31.2 Å². The molecule has 0 amide bonds. The first kappa shape index (κ1) is 27.2. The van der Waals surface area contributed by atoms with Crippen molar-refractivity contribution in [2.75, 3.05) is 0 Å². The predicted octanol–water partition coefficient (Wildman–Crippen LogP) is 9.82. The zero-order valence-corrected chi connectivity index (χ0v) is 22.3. The Morgan fingerprint density at radius 1 is 0.571 bits per heavy atom. The lowest BCUT2D eigenvalue weighted by molar-refractivity contribution is 0.527. The van der Waals surface area contributed by atoms with Crippen LogP contribution in [0.3, 0.4) is 0 Å². The highest BCUT2D eigenvalue weighted by Gasteiger charge is 2.10. The van der Waals surface area contributed by atoms with Crippen LogP contribution in [0.5, 0.6) is 0 Å². The quantitative estimate of drug-likeness (QED) is 0.159. The molecule has 0 bridgehead atoms. The first-order valence-corrected chi connectivity index (χ1v) is 14.5. The summed E-state index contributed by atoms with van der Waals surface area (Å²) >= 11 is 0. The summed E-state index contributed by atoms with van der Waals surface area (Å²) in [6.45, 7) is 3.37. The van der Waals surface area contributed by atoms with Gasteiger partial charge in [-0.3, -0.25) is 0 Å². The molecule has 2 heteroatoms. The number of rotatable bonds is 19. The average molecular weight is 473 g/mol. The highest BCUT2D eigenvalue weighted by Crippen LogP contribution is 2.21. The first-order valence-electron chi connectivity index (χ1n) is 14.5. The molecule has 0 aliphatic heterocycles. The lowest BCUT2D eigenvalue weighted by Gasteiger charge is -2.08. The number of nitrogens with zero attached hydrogens (tertiary/aromatic N) is 2. The van der Waals surface area contributed by atoms with Gasteiger partial charge in [-0.25, -0.2) is 4.98 Å². The summed E-state index contributed by atoms with van der Waals surface area (Å²) in [5, 5.41) is 0. The number of aryl methyl sites for hydroxylation is 3. The third kappa shape index (κ3) is 10.8. The molecular weight excluding hydrogens is 424 g/mol. The summed E-state index contributed by atoms with van der Waals surface area (Å²) in [4.78, 5) is 5.05. The molecule has 0 unspecified atom stereocenters. The molecular formula is C33H48N2. The Bertz CT molecular complexity index is 897. The van der Waals surface area contributed by atoms with E-state index in [2.05, 4.69) is 78.4 Å². The van der Waals surface area contributed by atoms with Crippen molar-refractivity contribution in [2.24, 2.45) is 0 Å². The second-order valence-electron chi connectivity index (χ2n) is 10.2. The van der Waals surface area contributed by atoms with Gasteiger partial charge in [-0.15, -0.1) is 0 Å². The van der Waals surface area contributed by atoms with Crippen LogP contribution in [-0.4, -0.2) is 9.55 Å². The van der Waals surface area contributed by atoms with Crippen LogP contribution in [0.1, 0.15) is 108 Å². The molecule has 0 atom stereocenters. The van der Waals surface area contributed by atoms with Crippen LogP contribution in [0.4, 0.5) is 0 Å². The first-order chi connectivity index (χ1) is 17.4. The number of aromatic nitrogens is 2. The molecule has 0 aliphatic rings. The summed E-state index contributed by atoms with van der Waals surface area (Å²) in [5.41, 5.74) is 3.88. The van der Waals surface area contributed by atoms with Gasteiger partial charge in [0, 0.05) is 18.3 Å². The van der Waals surface area contributed by atoms with Crippen molar-refractivity contribution in [1.29, 1.82) is 0 Å². The molecule has 0 saturated carbocycles. The summed E-state index contributed by atoms with van der Waals surface area (Å²) in [5.74, 6) is 1.14. The molecule has 1 heterocycles. The number of hydrogen-bond acceptors (Lipinski definition) is 1. The van der Waals surface area contributed by atoms with E-state index < -0.39 is 0 Å². The molecule has 35 heavy (non-hydrogen) atoms. The zero-order valence-electron chi connectivity index (χ0n) is 22.3. The monoisotopic (exact) mass is 472 g/mol. The third-order valence-corrected chi connectivity index (χ3v) is 7.10. The van der Waals surface area contributed by atoms with E-state index in [1.165, 1.54) is 100 Å². The number of benzene rings is 2. The van der Waals surface area contributed by atoms with Crippen LogP contribution in [0, 0.1) is 0 Å². The highest BCUT2D eigenvalue weighted by atomic mass is 15.1. The SMILES string of the molecule is CCCCCCCCCCCCCCCn1cc(CCCc2ccccc2)nc1-c1ccccc1. The van der Waals surface area contributed by atoms with Gasteiger partial charge in [0.05, 0.1) is 5.69 Å². The summed E-state index contributed by atoms with van der Waals surface area (Å²) in [6.07, 6.45) is 23.8. The average Bonchev–Trinajstić information content (AvgIpc) is 3.31. The minimum Gasteiger partial charge on any atom is -0.331 e. The van der Waals surface area contributed by atoms with Gasteiger partial charge in [-0.2, -0.15) is 0 Å². The molecule has 190 valence electrons. The summed E-state index contributed by atoms with van der Waals surface area (Å²) in [7, 11) is 0. The van der Waals surface area contributed by atoms with E-state index in [4.69, 9.17) is 4.98 Å². The topological polar surface area (TPSA) is 17.8 Å². The van der Waals surface area contributed by atoms with E-state index in [-0.39, 0.29) is 0 Å². The molecule has 0 aliphatic carbocycles. The molecule has 1 aromatic heterocycles. The Morgan fingerprint density at radius 3 is 1.71 bits per heavy atom. The van der Waals surface area contributed by atoms with Crippen molar-refractivity contribution >= 4 is 0 Å². The Hall–Kier alpha value is -2.35. The van der Waals surface area contributed by atoms with Crippen LogP contribution >= 0.6 is 0 Å². The zero-order chi connectivity index (χ0) is 24.4. The normalized spacial score (nSPS) is 11.2. The molecule has 0 N–H and O–H groups in total. The Kier molecular flexibility index (Phi) is 13.3. The van der Waals surface area contributed by atoms with E-state index in [0.717, 1.165) is 31.6 Å². The molecule has 0 radical (unpaired) electrons. The number of hydrogen-bond donors (Lipinski definition) is 0. The van der Waals surface area contributed by atoms with Crippen molar-refractivity contribution in [3.8, 4) is 11.4 Å². The number of imidazole rings is 1. The minimum absolute atomic E-state index is 1.04. The highest BCUT2D eigenvalue weighted by molar-refractivity contribution is 5.55. The fourth-order valence-electron chi connectivity index (χ4n) is 5.00. The third-order valence-electron chi connectivity index (χ3n) is 7.10. The van der Waals surface area contributed by atoms with Crippen molar-refractivity contribution in [3.05, 3.63) is 78.1 Å². The van der Waals surface area contributed by atoms with Crippen molar-refractivity contribution < 1.29 is 0 Å². The molecule has 0 saturated heterocycles. The maximum absolute atomic E-state index is 5.05. The van der Waals surface area contributed by atoms with E-state index in [1.807, 2.05) is 0 Å². The van der Waals surface area contributed by atoms with Crippen LogP contribution < -0.4 is 0 Å².